The average molecular weight is 258 g/mol. The molecule has 2 N–H and O–H groups in total. The lowest BCUT2D eigenvalue weighted by molar-refractivity contribution is 1.11. The number of halogens is 2. The molecule has 0 aliphatic carbocycles. The van der Waals surface area contributed by atoms with Crippen molar-refractivity contribution in [3.05, 3.63) is 44.6 Å². The van der Waals surface area contributed by atoms with Gasteiger partial charge in [-0.15, -0.1) is 11.3 Å². The Morgan fingerprint density at radius 2 is 1.87 bits per heavy atom. The van der Waals surface area contributed by atoms with Crippen molar-refractivity contribution in [2.45, 2.75) is 6.54 Å². The molecule has 4 heteroatoms. The lowest BCUT2D eigenvalue weighted by atomic mass is 10.1. The number of nitrogens with two attached hydrogens (primary N) is 1. The minimum absolute atomic E-state index is 0.575. The summed E-state index contributed by atoms with van der Waals surface area (Å²) >= 11 is 13.5. The molecule has 2 aromatic rings. The molecule has 0 unspecified atom stereocenters. The highest BCUT2D eigenvalue weighted by molar-refractivity contribution is 7.10. The van der Waals surface area contributed by atoms with E-state index in [1.54, 1.807) is 17.4 Å². The maximum absolute atomic E-state index is 5.95. The first kappa shape index (κ1) is 11.0. The summed E-state index contributed by atoms with van der Waals surface area (Å²) in [5.74, 6) is 0. The molecule has 78 valence electrons. The second kappa shape index (κ2) is 4.54. The zero-order valence-electron chi connectivity index (χ0n) is 7.84. The molecule has 0 amide bonds. The van der Waals surface area contributed by atoms with Crippen LogP contribution >= 0.6 is 34.5 Å². The Morgan fingerprint density at radius 1 is 1.07 bits per heavy atom. The van der Waals surface area contributed by atoms with E-state index in [-0.39, 0.29) is 0 Å². The molecule has 0 atom stereocenters. The lowest BCUT2D eigenvalue weighted by Crippen LogP contribution is -1.91. The Kier molecular flexibility index (Phi) is 3.32. The molecule has 0 saturated carbocycles. The third kappa shape index (κ3) is 2.34. The van der Waals surface area contributed by atoms with Gasteiger partial charge in [0.25, 0.3) is 0 Å². The predicted molar refractivity (Wildman–Crippen MR) is 67.7 cm³/mol. The van der Waals surface area contributed by atoms with Crippen molar-refractivity contribution in [1.29, 1.82) is 0 Å². The van der Waals surface area contributed by atoms with Gasteiger partial charge in [-0.3, -0.25) is 0 Å². The van der Waals surface area contributed by atoms with Gasteiger partial charge in [0.15, 0.2) is 0 Å². The van der Waals surface area contributed by atoms with Gasteiger partial charge in [0, 0.05) is 11.4 Å². The normalized spacial score (nSPS) is 10.6. The molecule has 0 radical (unpaired) electrons. The van der Waals surface area contributed by atoms with Crippen molar-refractivity contribution >= 4 is 34.5 Å². The molecule has 1 aromatic heterocycles. The van der Waals surface area contributed by atoms with Gasteiger partial charge in [0.05, 0.1) is 10.0 Å². The van der Waals surface area contributed by atoms with Crippen LogP contribution in [0.4, 0.5) is 0 Å². The molecule has 0 fully saturated rings. The smallest absolute Gasteiger partial charge is 0.0598 e. The Morgan fingerprint density at radius 3 is 2.47 bits per heavy atom. The van der Waals surface area contributed by atoms with Gasteiger partial charge in [-0.25, -0.2) is 0 Å². The summed E-state index contributed by atoms with van der Waals surface area (Å²) in [6.07, 6.45) is 0. The summed E-state index contributed by atoms with van der Waals surface area (Å²) in [6, 6.07) is 7.70. The van der Waals surface area contributed by atoms with E-state index in [9.17, 15) is 0 Å². The molecule has 2 rings (SSSR count). The summed E-state index contributed by atoms with van der Waals surface area (Å²) in [7, 11) is 0. The zero-order valence-corrected chi connectivity index (χ0v) is 10.2. The van der Waals surface area contributed by atoms with Crippen molar-refractivity contribution < 1.29 is 0 Å². The van der Waals surface area contributed by atoms with Gasteiger partial charge < -0.3 is 5.73 Å². The number of benzene rings is 1. The minimum atomic E-state index is 0.575. The summed E-state index contributed by atoms with van der Waals surface area (Å²) in [5.41, 5.74) is 7.77. The standard InChI is InChI=1S/C11H9Cl2NS/c12-10-2-1-7(4-11(10)13)8-3-9(5-14)15-6-8/h1-4,6H,5,14H2. The highest BCUT2D eigenvalue weighted by Crippen LogP contribution is 2.30. The van der Waals surface area contributed by atoms with E-state index < -0.39 is 0 Å². The highest BCUT2D eigenvalue weighted by atomic mass is 35.5. The first-order valence-electron chi connectivity index (χ1n) is 4.43. The maximum atomic E-state index is 5.95. The van der Waals surface area contributed by atoms with Gasteiger partial charge in [0.2, 0.25) is 0 Å². The van der Waals surface area contributed by atoms with Crippen molar-refractivity contribution in [3.8, 4) is 11.1 Å². The van der Waals surface area contributed by atoms with Gasteiger partial charge in [-0.2, -0.15) is 0 Å². The second-order valence-corrected chi connectivity index (χ2v) is 4.94. The Bertz CT molecular complexity index is 479. The van der Waals surface area contributed by atoms with Crippen LogP contribution in [0, 0.1) is 0 Å². The molecule has 1 nitrogen and oxygen atoms in total. The molecule has 0 spiro atoms. The van der Waals surface area contributed by atoms with E-state index in [1.165, 1.54) is 0 Å². The van der Waals surface area contributed by atoms with Crippen LogP contribution in [-0.4, -0.2) is 0 Å². The van der Waals surface area contributed by atoms with Gasteiger partial charge in [0.1, 0.15) is 0 Å². The topological polar surface area (TPSA) is 26.0 Å². The van der Waals surface area contributed by atoms with E-state index >= 15 is 0 Å². The third-order valence-corrected chi connectivity index (χ3v) is 3.81. The van der Waals surface area contributed by atoms with Crippen LogP contribution < -0.4 is 5.73 Å². The van der Waals surface area contributed by atoms with Crippen LogP contribution in [-0.2, 0) is 6.54 Å². The molecule has 1 heterocycles. The Balaban J connectivity index is 2.40. The minimum Gasteiger partial charge on any atom is -0.326 e. The molecule has 0 aliphatic rings. The molecular formula is C11H9Cl2NS. The molecule has 15 heavy (non-hydrogen) atoms. The third-order valence-electron chi connectivity index (χ3n) is 2.11. The summed E-state index contributed by atoms with van der Waals surface area (Å²) in [5, 5.41) is 3.23. The number of thiophene rings is 1. The van der Waals surface area contributed by atoms with Gasteiger partial charge in [-0.1, -0.05) is 29.3 Å². The summed E-state index contributed by atoms with van der Waals surface area (Å²) < 4.78 is 0. The Labute approximate surface area is 102 Å². The van der Waals surface area contributed by atoms with Crippen LogP contribution in [0.5, 0.6) is 0 Å². The van der Waals surface area contributed by atoms with E-state index in [2.05, 4.69) is 11.4 Å². The SMILES string of the molecule is NCc1cc(-c2ccc(Cl)c(Cl)c2)cs1. The first-order chi connectivity index (χ1) is 7.20. The molecule has 0 aliphatic heterocycles. The zero-order chi connectivity index (χ0) is 10.8. The van der Waals surface area contributed by atoms with Crippen LogP contribution in [0.2, 0.25) is 10.0 Å². The maximum Gasteiger partial charge on any atom is 0.0598 e. The van der Waals surface area contributed by atoms with Crippen molar-refractivity contribution in [1.82, 2.24) is 0 Å². The molecule has 0 saturated heterocycles. The first-order valence-corrected chi connectivity index (χ1v) is 6.07. The second-order valence-electron chi connectivity index (χ2n) is 3.13. The van der Waals surface area contributed by atoms with Crippen LogP contribution in [0.25, 0.3) is 11.1 Å². The fraction of sp³-hybridized carbons (Fsp3) is 0.0909. The van der Waals surface area contributed by atoms with Gasteiger partial charge in [-0.05, 0) is 34.7 Å². The molecule has 0 bridgehead atoms. The fourth-order valence-corrected chi connectivity index (χ4v) is 2.39. The lowest BCUT2D eigenvalue weighted by Gasteiger charge is -2.00. The number of rotatable bonds is 2. The highest BCUT2D eigenvalue weighted by Gasteiger charge is 2.04. The summed E-state index contributed by atoms with van der Waals surface area (Å²) in [4.78, 5) is 1.16. The monoisotopic (exact) mass is 257 g/mol. The number of hydrogen-bond donors (Lipinski definition) is 1. The van der Waals surface area contributed by atoms with E-state index in [0.717, 1.165) is 16.0 Å². The average Bonchev–Trinajstić information content (AvgIpc) is 2.70. The van der Waals surface area contributed by atoms with Gasteiger partial charge >= 0.3 is 0 Å². The molecular weight excluding hydrogens is 249 g/mol. The van der Waals surface area contributed by atoms with Crippen molar-refractivity contribution in [2.24, 2.45) is 5.73 Å². The van der Waals surface area contributed by atoms with Crippen LogP contribution in [0.3, 0.4) is 0 Å². The van der Waals surface area contributed by atoms with E-state index in [4.69, 9.17) is 28.9 Å². The van der Waals surface area contributed by atoms with Crippen molar-refractivity contribution in [3.63, 3.8) is 0 Å². The quantitative estimate of drug-likeness (QED) is 0.859. The number of hydrogen-bond acceptors (Lipinski definition) is 2. The fourth-order valence-electron chi connectivity index (χ4n) is 1.31. The van der Waals surface area contributed by atoms with Crippen LogP contribution in [0.1, 0.15) is 4.88 Å². The van der Waals surface area contributed by atoms with Crippen LogP contribution in [0.15, 0.2) is 29.6 Å². The predicted octanol–water partition coefficient (Wildman–Crippen LogP) is 4.18. The summed E-state index contributed by atoms with van der Waals surface area (Å²) in [6.45, 7) is 0.575. The van der Waals surface area contributed by atoms with E-state index in [0.29, 0.717) is 16.6 Å². The largest absolute Gasteiger partial charge is 0.326 e. The van der Waals surface area contributed by atoms with E-state index in [1.807, 2.05) is 12.1 Å². The Hall–Kier alpha value is -0.540. The van der Waals surface area contributed by atoms with Crippen molar-refractivity contribution in [2.75, 3.05) is 0 Å². The molecule has 1 aromatic carbocycles.